The number of unbranched alkanes of at least 4 members (excludes halogenated alkanes) is 1. The van der Waals surface area contributed by atoms with Gasteiger partial charge < -0.3 is 66.5 Å². The third-order valence-corrected chi connectivity index (χ3v) is 15.7. The van der Waals surface area contributed by atoms with Crippen molar-refractivity contribution < 1.29 is 83.9 Å². The predicted molar refractivity (Wildman–Crippen MR) is 353 cm³/mol. The third-order valence-electron chi connectivity index (χ3n) is 14.9. The second-order valence-electron chi connectivity index (χ2n) is 23.7. The van der Waals surface area contributed by atoms with Gasteiger partial charge in [-0.3, -0.25) is 9.35 Å². The number of ether oxygens (including phenoxy) is 13. The van der Waals surface area contributed by atoms with Crippen LogP contribution in [0.25, 0.3) is 21.5 Å². The minimum atomic E-state index is -4.02. The van der Waals surface area contributed by atoms with Crippen molar-refractivity contribution in [2.24, 2.45) is 0 Å². The largest absolute Gasteiger partial charge is 0.460 e. The van der Waals surface area contributed by atoms with Crippen molar-refractivity contribution in [1.29, 1.82) is 0 Å². The summed E-state index contributed by atoms with van der Waals surface area (Å²) in [6.07, 6.45) is 15.9. The first kappa shape index (κ1) is 73.8. The molecule has 0 spiro atoms. The molecule has 0 saturated heterocycles. The maximum atomic E-state index is 11.6. The van der Waals surface area contributed by atoms with Crippen molar-refractivity contribution in [3.05, 3.63) is 132 Å². The molecular weight excluding hydrogens is 1170 g/mol. The van der Waals surface area contributed by atoms with E-state index in [4.69, 9.17) is 61.6 Å². The molecule has 0 fully saturated rings. The number of carbonyl (C=O) groups excluding carboxylic acids is 1. The normalized spacial score (nSPS) is 15.3. The monoisotopic (exact) mass is 1270 g/mol. The number of anilines is 1. The van der Waals surface area contributed by atoms with E-state index in [9.17, 15) is 17.8 Å². The van der Waals surface area contributed by atoms with E-state index in [0.29, 0.717) is 184 Å². The zero-order valence-electron chi connectivity index (χ0n) is 54.5. The third kappa shape index (κ3) is 25.7. The first-order chi connectivity index (χ1) is 43.5. The molecule has 0 amide bonds. The molecule has 2 aliphatic heterocycles. The summed E-state index contributed by atoms with van der Waals surface area (Å²) < 4.78 is 107. The summed E-state index contributed by atoms with van der Waals surface area (Å²) in [7, 11) is -4.02. The Hall–Kier alpha value is -5.27. The van der Waals surface area contributed by atoms with Crippen LogP contribution in [0.4, 0.5) is 11.4 Å². The van der Waals surface area contributed by atoms with Crippen LogP contribution in [0.5, 0.6) is 0 Å². The van der Waals surface area contributed by atoms with Gasteiger partial charge in [-0.05, 0) is 86.4 Å². The molecule has 2 heterocycles. The van der Waals surface area contributed by atoms with Crippen LogP contribution in [0, 0.1) is 0 Å². The van der Waals surface area contributed by atoms with E-state index in [0.717, 1.165) is 11.4 Å². The van der Waals surface area contributed by atoms with Gasteiger partial charge in [-0.2, -0.15) is 13.0 Å². The zero-order valence-corrected chi connectivity index (χ0v) is 55.3. The maximum absolute atomic E-state index is 11.6. The molecule has 20 heteroatoms. The molecule has 6 rings (SSSR count). The Bertz CT molecular complexity index is 3040. The number of nitrogens with zero attached hydrogens (tertiary/aromatic N) is 2. The highest BCUT2D eigenvalue weighted by atomic mass is 32.2. The maximum Gasteiger partial charge on any atom is 0.308 e. The highest BCUT2D eigenvalue weighted by Crippen LogP contribution is 2.51. The standard InChI is InChI=1S/C70H100N2O17S/c1-68(2,3)89-65(73)29-32-77-34-36-79-38-40-81-42-44-83-46-48-85-50-52-87-54-55-88-53-51-86-49-47-84-45-43-82-41-39-80-37-35-78-33-31-72-62-28-26-58-20-14-16-22-60(58)67(62)70(6,7)64(72)24-12-10-8-9-11-23-63-69(4,5)66-59-21-15-13-19-57(59)25-27-61(66)71(63)30-17-18-56-90(74,75)76/h8-16,19-28H,17-18,29-56H2,1-7H3/p+1. The average molecular weight is 1270 g/mol. The van der Waals surface area contributed by atoms with E-state index >= 15 is 0 Å². The Balaban J connectivity index is 0.763. The number of carbonyl (C=O) groups is 1. The van der Waals surface area contributed by atoms with E-state index in [1.807, 2.05) is 32.9 Å². The van der Waals surface area contributed by atoms with Gasteiger partial charge >= 0.3 is 5.97 Å². The van der Waals surface area contributed by atoms with Gasteiger partial charge in [0, 0.05) is 47.5 Å². The number of rotatable bonds is 48. The Kier molecular flexibility index (Phi) is 32.8. The molecule has 0 atom stereocenters. The topological polar surface area (TPSA) is 198 Å². The fraction of sp³-hybridized carbons (Fsp3) is 0.571. The number of hydrogen-bond donors (Lipinski definition) is 1. The summed E-state index contributed by atoms with van der Waals surface area (Å²) >= 11 is 0. The lowest BCUT2D eigenvalue weighted by Gasteiger charge is -2.27. The molecule has 498 valence electrons. The van der Waals surface area contributed by atoms with Crippen molar-refractivity contribution >= 4 is 54.7 Å². The van der Waals surface area contributed by atoms with E-state index in [2.05, 4.69) is 140 Å². The van der Waals surface area contributed by atoms with E-state index in [1.165, 1.54) is 44.1 Å². The minimum Gasteiger partial charge on any atom is -0.460 e. The second-order valence-corrected chi connectivity index (χ2v) is 25.2. The van der Waals surface area contributed by atoms with Gasteiger partial charge in [0.25, 0.3) is 10.1 Å². The molecule has 90 heavy (non-hydrogen) atoms. The molecular formula is C70H101N2O17S+. The summed E-state index contributed by atoms with van der Waals surface area (Å²) in [5.74, 6) is -0.522. The first-order valence-corrected chi connectivity index (χ1v) is 33.4. The molecule has 4 aromatic carbocycles. The van der Waals surface area contributed by atoms with Crippen molar-refractivity contribution in [2.75, 3.05) is 182 Å². The van der Waals surface area contributed by atoms with Crippen LogP contribution in [-0.2, 0) is 87.3 Å². The fourth-order valence-electron chi connectivity index (χ4n) is 10.8. The second kappa shape index (κ2) is 40.0. The van der Waals surface area contributed by atoms with Gasteiger partial charge in [0.2, 0.25) is 5.69 Å². The van der Waals surface area contributed by atoms with E-state index in [1.54, 1.807) is 0 Å². The fourth-order valence-corrected chi connectivity index (χ4v) is 11.4. The highest BCUT2D eigenvalue weighted by molar-refractivity contribution is 7.85. The summed E-state index contributed by atoms with van der Waals surface area (Å²) in [5, 5.41) is 4.86. The van der Waals surface area contributed by atoms with Crippen molar-refractivity contribution in [3.8, 4) is 0 Å². The summed E-state index contributed by atoms with van der Waals surface area (Å²) in [4.78, 5) is 14.0. The number of fused-ring (bicyclic) bond motifs is 6. The Morgan fingerprint density at radius 1 is 0.500 bits per heavy atom. The molecule has 0 unspecified atom stereocenters. The van der Waals surface area contributed by atoms with Crippen LogP contribution in [0.2, 0.25) is 0 Å². The summed E-state index contributed by atoms with van der Waals surface area (Å²) in [6, 6.07) is 25.8. The van der Waals surface area contributed by atoms with Crippen LogP contribution in [0.1, 0.15) is 78.9 Å². The van der Waals surface area contributed by atoms with E-state index < -0.39 is 15.7 Å². The summed E-state index contributed by atoms with van der Waals surface area (Å²) in [6.45, 7) is 27.0. The molecule has 19 nitrogen and oxygen atoms in total. The van der Waals surface area contributed by atoms with E-state index in [-0.39, 0.29) is 29.0 Å². The summed E-state index contributed by atoms with van der Waals surface area (Å²) in [5.41, 5.74) is 6.15. The number of benzene rings is 4. The van der Waals surface area contributed by atoms with Gasteiger partial charge in [-0.15, -0.1) is 0 Å². The molecule has 0 radical (unpaired) electrons. The highest BCUT2D eigenvalue weighted by Gasteiger charge is 2.45. The van der Waals surface area contributed by atoms with Gasteiger partial charge in [0.15, 0.2) is 5.71 Å². The van der Waals surface area contributed by atoms with Crippen molar-refractivity contribution in [2.45, 2.75) is 84.2 Å². The molecule has 0 saturated carbocycles. The van der Waals surface area contributed by atoms with Gasteiger partial charge in [-0.25, -0.2) is 0 Å². The Morgan fingerprint density at radius 3 is 1.38 bits per heavy atom. The number of esters is 1. The molecule has 0 aromatic heterocycles. The van der Waals surface area contributed by atoms with Crippen LogP contribution in [0.3, 0.4) is 0 Å². The molecule has 2 aliphatic rings. The molecule has 0 aliphatic carbocycles. The number of allylic oxidation sites excluding steroid dienone is 8. The zero-order chi connectivity index (χ0) is 64.3. The Labute approximate surface area is 534 Å². The lowest BCUT2D eigenvalue weighted by atomic mass is 9.79. The molecule has 1 N–H and O–H groups in total. The van der Waals surface area contributed by atoms with Crippen molar-refractivity contribution in [1.82, 2.24) is 0 Å². The molecule has 4 aromatic rings. The van der Waals surface area contributed by atoms with Crippen LogP contribution in [0.15, 0.2) is 121 Å². The minimum absolute atomic E-state index is 0.221. The van der Waals surface area contributed by atoms with Crippen LogP contribution in [-0.4, -0.2) is 212 Å². The predicted octanol–water partition coefficient (Wildman–Crippen LogP) is 10.3. The quantitative estimate of drug-likeness (QED) is 0.0144. The van der Waals surface area contributed by atoms with Crippen molar-refractivity contribution in [3.63, 3.8) is 0 Å². The van der Waals surface area contributed by atoms with Gasteiger partial charge in [0.05, 0.1) is 176 Å². The van der Waals surface area contributed by atoms with Gasteiger partial charge in [-0.1, -0.05) is 98.8 Å². The van der Waals surface area contributed by atoms with Gasteiger partial charge in [0.1, 0.15) is 12.1 Å². The van der Waals surface area contributed by atoms with Crippen LogP contribution < -0.4 is 4.90 Å². The smallest absolute Gasteiger partial charge is 0.308 e. The SMILES string of the molecule is CC(C)(C)OC(=O)CCOCCOCCOCCOCCOCCOCCOCCOCCOCCOCCOCCOCCN1\C(=C/C=C/C=C/C=C/C2=[N+](CCCCS(=O)(=O)O)c3ccc4ccccc4c3C2(C)C)C(C)(C)c2c1ccc1ccccc21. The Morgan fingerprint density at radius 2 is 0.911 bits per heavy atom. The lowest BCUT2D eigenvalue weighted by molar-refractivity contribution is -0.438. The number of hydrogen-bond acceptors (Lipinski definition) is 17. The molecule has 0 bridgehead atoms. The first-order valence-electron chi connectivity index (χ1n) is 31.8. The lowest BCUT2D eigenvalue weighted by Crippen LogP contribution is -2.29. The van der Waals surface area contributed by atoms with Crippen LogP contribution >= 0.6 is 0 Å². The average Bonchev–Trinajstić information content (AvgIpc) is 1.58.